The first-order valence-electron chi connectivity index (χ1n) is 7.38. The van der Waals surface area contributed by atoms with Crippen LogP contribution in [-0.2, 0) is 18.8 Å². The summed E-state index contributed by atoms with van der Waals surface area (Å²) >= 11 is 0. The molecule has 3 rings (SSSR count). The second kappa shape index (κ2) is 5.94. The molecule has 134 valence electrons. The van der Waals surface area contributed by atoms with E-state index in [0.29, 0.717) is 0 Å². The van der Waals surface area contributed by atoms with Crippen LogP contribution in [0.15, 0.2) is 36.4 Å². The number of ether oxygens (including phenoxy) is 1. The fourth-order valence-electron chi connectivity index (χ4n) is 2.81. The van der Waals surface area contributed by atoms with Crippen LogP contribution in [0.5, 0.6) is 5.75 Å². The second-order valence-corrected chi connectivity index (χ2v) is 5.77. The molecular weight excluding hydrogens is 348 g/mol. The zero-order valence-electron chi connectivity index (χ0n) is 12.7. The van der Waals surface area contributed by atoms with Gasteiger partial charge in [0.1, 0.15) is 11.9 Å². The lowest BCUT2D eigenvalue weighted by molar-refractivity contribution is -0.138. The molecule has 0 bridgehead atoms. The first-order valence-corrected chi connectivity index (χ1v) is 7.38. The molecule has 2 aromatic rings. The molecule has 0 saturated carbocycles. The van der Waals surface area contributed by atoms with Crippen LogP contribution in [-0.4, -0.2) is 12.6 Å². The van der Waals surface area contributed by atoms with E-state index in [9.17, 15) is 26.3 Å². The number of alkyl halides is 6. The van der Waals surface area contributed by atoms with Crippen LogP contribution in [0.1, 0.15) is 16.7 Å². The van der Waals surface area contributed by atoms with Gasteiger partial charge in [0.2, 0.25) is 0 Å². The van der Waals surface area contributed by atoms with E-state index in [-0.39, 0.29) is 35.4 Å². The number of nitrogens with two attached hydrogens (primary N) is 1. The molecule has 2 N–H and O–H groups in total. The summed E-state index contributed by atoms with van der Waals surface area (Å²) in [6.45, 7) is 0.0953. The number of fused-ring (bicyclic) bond motifs is 1. The lowest BCUT2D eigenvalue weighted by Gasteiger charge is -2.15. The maximum absolute atomic E-state index is 13.2. The fourth-order valence-corrected chi connectivity index (χ4v) is 2.81. The zero-order valence-corrected chi connectivity index (χ0v) is 12.7. The Morgan fingerprint density at radius 3 is 2.24 bits per heavy atom. The highest BCUT2D eigenvalue weighted by Gasteiger charge is 2.36. The van der Waals surface area contributed by atoms with Crippen molar-refractivity contribution in [1.82, 2.24) is 0 Å². The van der Waals surface area contributed by atoms with E-state index < -0.39 is 29.6 Å². The number of benzene rings is 2. The lowest BCUT2D eigenvalue weighted by atomic mass is 9.96. The third kappa shape index (κ3) is 3.44. The molecule has 2 nitrogen and oxygen atoms in total. The smallest absolute Gasteiger partial charge is 0.416 e. The Labute approximate surface area is 139 Å². The van der Waals surface area contributed by atoms with Gasteiger partial charge >= 0.3 is 12.4 Å². The SMILES string of the molecule is NCC1Cc2cc(C(F)(F)F)cc(-c3cccc(C(F)(F)F)c3)c2O1. The molecule has 1 unspecified atom stereocenters. The van der Waals surface area contributed by atoms with Gasteiger partial charge in [0.25, 0.3) is 0 Å². The summed E-state index contributed by atoms with van der Waals surface area (Å²) in [5, 5.41) is 0. The predicted molar refractivity (Wildman–Crippen MR) is 79.1 cm³/mol. The number of hydrogen-bond acceptors (Lipinski definition) is 2. The average molecular weight is 361 g/mol. The Morgan fingerprint density at radius 1 is 0.960 bits per heavy atom. The van der Waals surface area contributed by atoms with E-state index >= 15 is 0 Å². The summed E-state index contributed by atoms with van der Waals surface area (Å²) in [4.78, 5) is 0. The second-order valence-electron chi connectivity index (χ2n) is 5.77. The van der Waals surface area contributed by atoms with E-state index in [1.54, 1.807) is 0 Å². The molecule has 0 aliphatic carbocycles. The minimum Gasteiger partial charge on any atom is -0.488 e. The first kappa shape index (κ1) is 17.6. The minimum atomic E-state index is -4.62. The summed E-state index contributed by atoms with van der Waals surface area (Å²) in [7, 11) is 0. The van der Waals surface area contributed by atoms with Crippen LogP contribution >= 0.6 is 0 Å². The number of hydrogen-bond donors (Lipinski definition) is 1. The highest BCUT2D eigenvalue weighted by Crippen LogP contribution is 2.44. The van der Waals surface area contributed by atoms with Gasteiger partial charge in [0.05, 0.1) is 11.1 Å². The predicted octanol–water partition coefficient (Wildman–Crippen LogP) is 4.65. The summed E-state index contributed by atoms with van der Waals surface area (Å²) in [6.07, 6.45) is -9.53. The molecule has 8 heteroatoms. The Hall–Kier alpha value is -2.22. The molecule has 1 aliphatic heterocycles. The summed E-state index contributed by atoms with van der Waals surface area (Å²) in [5.41, 5.74) is 3.92. The molecule has 0 amide bonds. The normalized spacial score (nSPS) is 17.3. The van der Waals surface area contributed by atoms with E-state index in [4.69, 9.17) is 10.5 Å². The summed E-state index contributed by atoms with van der Waals surface area (Å²) in [6, 6.07) is 5.93. The van der Waals surface area contributed by atoms with Crippen LogP contribution in [0.3, 0.4) is 0 Å². The Bertz CT molecular complexity index is 797. The Kier molecular flexibility index (Phi) is 4.18. The van der Waals surface area contributed by atoms with E-state index in [0.717, 1.165) is 30.3 Å². The van der Waals surface area contributed by atoms with Gasteiger partial charge in [-0.25, -0.2) is 0 Å². The average Bonchev–Trinajstić information content (AvgIpc) is 2.95. The molecule has 0 spiro atoms. The van der Waals surface area contributed by atoms with Crippen molar-refractivity contribution >= 4 is 0 Å². The third-order valence-corrected chi connectivity index (χ3v) is 3.99. The van der Waals surface area contributed by atoms with E-state index in [1.165, 1.54) is 6.07 Å². The van der Waals surface area contributed by atoms with Gasteiger partial charge in [-0.15, -0.1) is 0 Å². The number of halogens is 6. The summed E-state index contributed by atoms with van der Waals surface area (Å²) in [5.74, 6) is 0.155. The van der Waals surface area contributed by atoms with Crippen LogP contribution < -0.4 is 10.5 Å². The maximum atomic E-state index is 13.2. The van der Waals surface area contributed by atoms with Gasteiger partial charge in [0, 0.05) is 18.5 Å². The standard InChI is InChI=1S/C17H13F6NO/c18-16(19,20)11-3-1-2-9(4-11)14-7-12(17(21,22)23)5-10-6-13(8-24)25-15(10)14/h1-5,7,13H,6,8,24H2. The van der Waals surface area contributed by atoms with Crippen LogP contribution in [0.25, 0.3) is 11.1 Å². The Balaban J connectivity index is 2.18. The van der Waals surface area contributed by atoms with Crippen molar-refractivity contribution in [2.75, 3.05) is 6.54 Å². The highest BCUT2D eigenvalue weighted by atomic mass is 19.4. The fraction of sp³-hybridized carbons (Fsp3) is 0.294. The molecule has 0 aromatic heterocycles. The monoisotopic (exact) mass is 361 g/mol. The number of rotatable bonds is 2. The summed E-state index contributed by atoms with van der Waals surface area (Å²) < 4.78 is 83.8. The van der Waals surface area contributed by atoms with Crippen molar-refractivity contribution in [3.63, 3.8) is 0 Å². The molecule has 0 fully saturated rings. The van der Waals surface area contributed by atoms with E-state index in [2.05, 4.69) is 0 Å². The van der Waals surface area contributed by atoms with Gasteiger partial charge < -0.3 is 10.5 Å². The first-order chi connectivity index (χ1) is 11.6. The molecule has 1 heterocycles. The molecule has 0 saturated heterocycles. The van der Waals surface area contributed by atoms with Gasteiger partial charge in [-0.05, 0) is 35.4 Å². The largest absolute Gasteiger partial charge is 0.488 e. The molecule has 1 aliphatic rings. The topological polar surface area (TPSA) is 35.2 Å². The molecule has 1 atom stereocenters. The molecular formula is C17H13F6NO. The van der Waals surface area contributed by atoms with Crippen LogP contribution in [0, 0.1) is 0 Å². The molecule has 2 aromatic carbocycles. The van der Waals surface area contributed by atoms with Gasteiger partial charge in [0.15, 0.2) is 0 Å². The van der Waals surface area contributed by atoms with E-state index in [1.807, 2.05) is 0 Å². The van der Waals surface area contributed by atoms with Gasteiger partial charge in [-0.3, -0.25) is 0 Å². The highest BCUT2D eigenvalue weighted by molar-refractivity contribution is 5.75. The third-order valence-electron chi connectivity index (χ3n) is 3.99. The van der Waals surface area contributed by atoms with Gasteiger partial charge in [-0.2, -0.15) is 26.3 Å². The van der Waals surface area contributed by atoms with Crippen molar-refractivity contribution in [1.29, 1.82) is 0 Å². The molecule has 25 heavy (non-hydrogen) atoms. The van der Waals surface area contributed by atoms with Crippen molar-refractivity contribution in [3.05, 3.63) is 53.1 Å². The maximum Gasteiger partial charge on any atom is 0.416 e. The van der Waals surface area contributed by atoms with Crippen molar-refractivity contribution in [2.45, 2.75) is 24.9 Å². The van der Waals surface area contributed by atoms with Crippen molar-refractivity contribution in [3.8, 4) is 16.9 Å². The minimum absolute atomic E-state index is 0.00912. The molecule has 0 radical (unpaired) electrons. The van der Waals surface area contributed by atoms with Gasteiger partial charge in [-0.1, -0.05) is 12.1 Å². The quantitative estimate of drug-likeness (QED) is 0.790. The van der Waals surface area contributed by atoms with Crippen LogP contribution in [0.2, 0.25) is 0 Å². The lowest BCUT2D eigenvalue weighted by Crippen LogP contribution is -2.24. The Morgan fingerprint density at radius 2 is 1.64 bits per heavy atom. The van der Waals surface area contributed by atoms with Crippen molar-refractivity contribution < 1.29 is 31.1 Å². The zero-order chi connectivity index (χ0) is 18.4. The van der Waals surface area contributed by atoms with Crippen LogP contribution in [0.4, 0.5) is 26.3 Å². The van der Waals surface area contributed by atoms with Crippen molar-refractivity contribution in [2.24, 2.45) is 5.73 Å².